The van der Waals surface area contributed by atoms with Gasteiger partial charge in [0.05, 0.1) is 12.8 Å². The van der Waals surface area contributed by atoms with Crippen molar-refractivity contribution in [1.82, 2.24) is 5.32 Å². The highest BCUT2D eigenvalue weighted by molar-refractivity contribution is 5.91. The van der Waals surface area contributed by atoms with E-state index in [9.17, 15) is 4.79 Å². The number of carbonyl (C=O) groups excluding carboxylic acids is 1. The third-order valence-electron chi connectivity index (χ3n) is 4.03. The molecule has 0 aromatic heterocycles. The quantitative estimate of drug-likeness (QED) is 0.871. The number of urea groups is 1. The number of ether oxygens (including phenoxy) is 1. The molecule has 0 heterocycles. The fourth-order valence-corrected chi connectivity index (χ4v) is 2.76. The Labute approximate surface area is 126 Å². The van der Waals surface area contributed by atoms with Crippen molar-refractivity contribution in [3.63, 3.8) is 0 Å². The minimum absolute atomic E-state index is 0.240. The molecule has 1 saturated carbocycles. The van der Waals surface area contributed by atoms with Gasteiger partial charge >= 0.3 is 6.03 Å². The lowest BCUT2D eigenvalue weighted by Gasteiger charge is -2.12. The van der Waals surface area contributed by atoms with Crippen molar-refractivity contribution in [2.75, 3.05) is 12.4 Å². The molecule has 0 atom stereocenters. The van der Waals surface area contributed by atoms with Crippen molar-refractivity contribution in [1.29, 1.82) is 0 Å². The van der Waals surface area contributed by atoms with E-state index in [2.05, 4.69) is 17.6 Å². The van der Waals surface area contributed by atoms with Gasteiger partial charge in [-0.05, 0) is 50.3 Å². The smallest absolute Gasteiger partial charge is 0.323 e. The number of allylic oxidation sites excluding steroid dienone is 1. The molecule has 2 rings (SSSR count). The highest BCUT2D eigenvalue weighted by atomic mass is 16.5. The SMILES string of the molecule is COc1ccc(C)cc1NC(=O)N/C=C(\C)C1CCCC1. The van der Waals surface area contributed by atoms with E-state index in [0.29, 0.717) is 17.4 Å². The van der Waals surface area contributed by atoms with Gasteiger partial charge < -0.3 is 15.4 Å². The second-order valence-corrected chi connectivity index (χ2v) is 5.67. The number of amides is 2. The Bertz CT molecular complexity index is 532. The van der Waals surface area contributed by atoms with E-state index >= 15 is 0 Å². The summed E-state index contributed by atoms with van der Waals surface area (Å²) in [5.41, 5.74) is 3.00. The Hall–Kier alpha value is -1.97. The van der Waals surface area contributed by atoms with Gasteiger partial charge in [0.15, 0.2) is 0 Å². The molecule has 1 fully saturated rings. The summed E-state index contributed by atoms with van der Waals surface area (Å²) in [7, 11) is 1.60. The van der Waals surface area contributed by atoms with E-state index in [1.807, 2.05) is 31.3 Å². The van der Waals surface area contributed by atoms with Gasteiger partial charge in [0.1, 0.15) is 5.75 Å². The molecule has 0 saturated heterocycles. The number of nitrogens with one attached hydrogen (secondary N) is 2. The maximum atomic E-state index is 12.0. The number of hydrogen-bond donors (Lipinski definition) is 2. The van der Waals surface area contributed by atoms with Crippen LogP contribution < -0.4 is 15.4 Å². The first-order valence-electron chi connectivity index (χ1n) is 7.49. The Morgan fingerprint density at radius 1 is 1.33 bits per heavy atom. The fraction of sp³-hybridized carbons (Fsp3) is 0.471. The molecule has 2 N–H and O–H groups in total. The molecule has 21 heavy (non-hydrogen) atoms. The second-order valence-electron chi connectivity index (χ2n) is 5.67. The number of anilines is 1. The lowest BCUT2D eigenvalue weighted by Crippen LogP contribution is -2.25. The minimum atomic E-state index is -0.240. The first-order chi connectivity index (χ1) is 10.1. The lowest BCUT2D eigenvalue weighted by molar-refractivity contribution is 0.255. The molecule has 0 unspecified atom stereocenters. The van der Waals surface area contributed by atoms with Crippen molar-refractivity contribution in [3.05, 3.63) is 35.5 Å². The first-order valence-corrected chi connectivity index (χ1v) is 7.49. The van der Waals surface area contributed by atoms with E-state index < -0.39 is 0 Å². The van der Waals surface area contributed by atoms with Gasteiger partial charge in [-0.3, -0.25) is 0 Å². The zero-order valence-electron chi connectivity index (χ0n) is 13.0. The summed E-state index contributed by atoms with van der Waals surface area (Å²) in [6, 6.07) is 5.46. The van der Waals surface area contributed by atoms with Gasteiger partial charge in [-0.1, -0.05) is 24.5 Å². The van der Waals surface area contributed by atoms with Gasteiger partial charge in [0, 0.05) is 6.20 Å². The monoisotopic (exact) mass is 288 g/mol. The fourth-order valence-electron chi connectivity index (χ4n) is 2.76. The highest BCUT2D eigenvalue weighted by Gasteiger charge is 2.16. The summed E-state index contributed by atoms with van der Waals surface area (Å²) in [6.07, 6.45) is 6.88. The average molecular weight is 288 g/mol. The number of aryl methyl sites for hydroxylation is 1. The summed E-state index contributed by atoms with van der Waals surface area (Å²) in [6.45, 7) is 4.07. The highest BCUT2D eigenvalue weighted by Crippen LogP contribution is 2.30. The van der Waals surface area contributed by atoms with E-state index in [4.69, 9.17) is 4.74 Å². The van der Waals surface area contributed by atoms with Gasteiger partial charge in [-0.2, -0.15) is 0 Å². The van der Waals surface area contributed by atoms with Crippen LogP contribution in [0.1, 0.15) is 38.2 Å². The normalized spacial score (nSPS) is 15.9. The molecule has 0 aliphatic heterocycles. The zero-order chi connectivity index (χ0) is 15.2. The predicted molar refractivity (Wildman–Crippen MR) is 85.6 cm³/mol. The number of carbonyl (C=O) groups is 1. The van der Waals surface area contributed by atoms with Crippen molar-refractivity contribution >= 4 is 11.7 Å². The van der Waals surface area contributed by atoms with Crippen LogP contribution in [0.15, 0.2) is 30.0 Å². The Kier molecular flexibility index (Phi) is 5.26. The summed E-state index contributed by atoms with van der Waals surface area (Å²) < 4.78 is 5.25. The van der Waals surface area contributed by atoms with Crippen LogP contribution >= 0.6 is 0 Å². The lowest BCUT2D eigenvalue weighted by atomic mass is 10.0. The number of methoxy groups -OCH3 is 1. The third-order valence-corrected chi connectivity index (χ3v) is 4.03. The predicted octanol–water partition coefficient (Wildman–Crippen LogP) is 4.22. The standard InChI is InChI=1S/C17H24N2O2/c1-12-8-9-16(21-3)15(10-12)19-17(20)18-11-13(2)14-6-4-5-7-14/h8-11,14H,4-7H2,1-3H3,(H2,18,19,20)/b13-11+. The van der Waals surface area contributed by atoms with Crippen LogP contribution in [0.2, 0.25) is 0 Å². The zero-order valence-corrected chi connectivity index (χ0v) is 13.0. The summed E-state index contributed by atoms with van der Waals surface area (Å²) in [5, 5.41) is 5.64. The average Bonchev–Trinajstić information content (AvgIpc) is 2.99. The number of benzene rings is 1. The van der Waals surface area contributed by atoms with Crippen LogP contribution in [0.4, 0.5) is 10.5 Å². The van der Waals surface area contributed by atoms with Crippen LogP contribution in [-0.2, 0) is 0 Å². The van der Waals surface area contributed by atoms with Crippen molar-refractivity contribution < 1.29 is 9.53 Å². The third kappa shape index (κ3) is 4.25. The van der Waals surface area contributed by atoms with Crippen LogP contribution in [0.25, 0.3) is 0 Å². The maximum Gasteiger partial charge on any atom is 0.323 e. The van der Waals surface area contributed by atoms with E-state index in [0.717, 1.165) is 5.56 Å². The van der Waals surface area contributed by atoms with E-state index in [1.165, 1.54) is 31.3 Å². The van der Waals surface area contributed by atoms with Gasteiger partial charge in [-0.15, -0.1) is 0 Å². The molecule has 1 aliphatic carbocycles. The van der Waals surface area contributed by atoms with Gasteiger partial charge in [0.25, 0.3) is 0 Å². The van der Waals surface area contributed by atoms with Crippen LogP contribution in [-0.4, -0.2) is 13.1 Å². The molecule has 4 heteroatoms. The molecule has 0 bridgehead atoms. The second kappa shape index (κ2) is 7.16. The van der Waals surface area contributed by atoms with Crippen molar-refractivity contribution in [2.45, 2.75) is 39.5 Å². The van der Waals surface area contributed by atoms with Crippen LogP contribution in [0.5, 0.6) is 5.75 Å². The number of rotatable bonds is 4. The molecular formula is C17H24N2O2. The molecule has 0 spiro atoms. The maximum absolute atomic E-state index is 12.0. The van der Waals surface area contributed by atoms with Gasteiger partial charge in [-0.25, -0.2) is 4.79 Å². The van der Waals surface area contributed by atoms with Crippen LogP contribution in [0, 0.1) is 12.8 Å². The van der Waals surface area contributed by atoms with E-state index in [-0.39, 0.29) is 6.03 Å². The summed E-state index contributed by atoms with van der Waals surface area (Å²) in [5.74, 6) is 1.28. The first kappa shape index (κ1) is 15.4. The minimum Gasteiger partial charge on any atom is -0.495 e. The van der Waals surface area contributed by atoms with E-state index in [1.54, 1.807) is 7.11 Å². The molecule has 0 radical (unpaired) electrons. The molecule has 1 aromatic carbocycles. The van der Waals surface area contributed by atoms with Gasteiger partial charge in [0.2, 0.25) is 0 Å². The summed E-state index contributed by atoms with van der Waals surface area (Å²) >= 11 is 0. The van der Waals surface area contributed by atoms with Crippen LogP contribution in [0.3, 0.4) is 0 Å². The largest absolute Gasteiger partial charge is 0.495 e. The van der Waals surface area contributed by atoms with Crippen molar-refractivity contribution in [2.24, 2.45) is 5.92 Å². The number of hydrogen-bond acceptors (Lipinski definition) is 2. The Balaban J connectivity index is 1.95. The molecule has 1 aliphatic rings. The topological polar surface area (TPSA) is 50.4 Å². The molecule has 114 valence electrons. The summed E-state index contributed by atoms with van der Waals surface area (Å²) in [4.78, 5) is 12.0. The molecule has 2 amide bonds. The van der Waals surface area contributed by atoms with Crippen molar-refractivity contribution in [3.8, 4) is 5.75 Å². The Morgan fingerprint density at radius 3 is 2.71 bits per heavy atom. The molecule has 4 nitrogen and oxygen atoms in total. The Morgan fingerprint density at radius 2 is 2.05 bits per heavy atom. The molecule has 1 aromatic rings. The molecular weight excluding hydrogens is 264 g/mol.